The van der Waals surface area contributed by atoms with Crippen LogP contribution in [0.3, 0.4) is 0 Å². The molecule has 6 nitrogen and oxygen atoms in total. The van der Waals surface area contributed by atoms with E-state index < -0.39 is 18.2 Å². The smallest absolute Gasteiger partial charge is 0.306 e. The maximum absolute atomic E-state index is 13.2. The molecule has 0 saturated heterocycles. The molecule has 0 aromatic carbocycles. The molecular formula is C53H95NO5. The molecule has 0 rings (SSSR count). The van der Waals surface area contributed by atoms with Gasteiger partial charge in [-0.25, -0.2) is 0 Å². The second-order valence-corrected chi connectivity index (χ2v) is 16.9. The molecule has 342 valence electrons. The summed E-state index contributed by atoms with van der Waals surface area (Å²) in [5, 5.41) is 23.6. The molecule has 3 atom stereocenters. The van der Waals surface area contributed by atoms with Crippen LogP contribution in [0, 0.1) is 0 Å². The van der Waals surface area contributed by atoms with E-state index in [2.05, 4.69) is 86.8 Å². The third kappa shape index (κ3) is 42.1. The lowest BCUT2D eigenvalue weighted by atomic mass is 10.0. The zero-order valence-electron chi connectivity index (χ0n) is 38.9. The zero-order chi connectivity index (χ0) is 43.1. The molecule has 59 heavy (non-hydrogen) atoms. The van der Waals surface area contributed by atoms with E-state index in [0.29, 0.717) is 19.3 Å². The predicted octanol–water partition coefficient (Wildman–Crippen LogP) is 14.8. The fourth-order valence-electron chi connectivity index (χ4n) is 7.25. The molecule has 0 aromatic heterocycles. The van der Waals surface area contributed by atoms with Crippen LogP contribution in [0.1, 0.15) is 239 Å². The molecule has 0 aliphatic carbocycles. The van der Waals surface area contributed by atoms with E-state index in [1.54, 1.807) is 0 Å². The van der Waals surface area contributed by atoms with Crippen LogP contribution in [0.15, 0.2) is 60.8 Å². The Morgan fingerprint density at radius 2 is 0.915 bits per heavy atom. The van der Waals surface area contributed by atoms with Crippen molar-refractivity contribution in [2.45, 2.75) is 257 Å². The van der Waals surface area contributed by atoms with Gasteiger partial charge in [0.2, 0.25) is 5.91 Å². The van der Waals surface area contributed by atoms with Gasteiger partial charge in [0.05, 0.1) is 25.2 Å². The van der Waals surface area contributed by atoms with E-state index in [9.17, 15) is 19.8 Å². The van der Waals surface area contributed by atoms with Crippen molar-refractivity contribution in [2.75, 3.05) is 6.61 Å². The van der Waals surface area contributed by atoms with Crippen LogP contribution in [0.25, 0.3) is 0 Å². The monoisotopic (exact) mass is 826 g/mol. The van der Waals surface area contributed by atoms with Crippen LogP contribution >= 0.6 is 0 Å². The summed E-state index contributed by atoms with van der Waals surface area (Å²) in [6.07, 6.45) is 57.1. The molecule has 3 N–H and O–H groups in total. The molecule has 0 saturated carbocycles. The number of aliphatic hydroxyl groups is 2. The van der Waals surface area contributed by atoms with E-state index in [1.807, 2.05) is 0 Å². The number of hydrogen-bond acceptors (Lipinski definition) is 5. The highest BCUT2D eigenvalue weighted by Gasteiger charge is 2.24. The number of nitrogens with one attached hydrogen (secondary N) is 1. The Labute approximate surface area is 365 Å². The van der Waals surface area contributed by atoms with E-state index in [4.69, 9.17) is 4.74 Å². The van der Waals surface area contributed by atoms with Crippen molar-refractivity contribution >= 4 is 11.9 Å². The quantitative estimate of drug-likeness (QED) is 0.0246. The van der Waals surface area contributed by atoms with Crippen molar-refractivity contribution < 1.29 is 24.5 Å². The summed E-state index contributed by atoms with van der Waals surface area (Å²) >= 11 is 0. The third-order valence-corrected chi connectivity index (χ3v) is 11.1. The van der Waals surface area contributed by atoms with Gasteiger partial charge in [-0.15, -0.1) is 0 Å². The average Bonchev–Trinajstić information content (AvgIpc) is 3.23. The lowest BCUT2D eigenvalue weighted by molar-refractivity contribution is -0.151. The summed E-state index contributed by atoms with van der Waals surface area (Å²) in [4.78, 5) is 26.1. The predicted molar refractivity (Wildman–Crippen MR) is 255 cm³/mol. The molecule has 0 aliphatic heterocycles. The summed E-state index contributed by atoms with van der Waals surface area (Å²) in [5.74, 6) is -0.544. The van der Waals surface area contributed by atoms with Crippen LogP contribution in [-0.2, 0) is 14.3 Å². The zero-order valence-corrected chi connectivity index (χ0v) is 38.9. The highest BCUT2D eigenvalue weighted by atomic mass is 16.5. The van der Waals surface area contributed by atoms with Crippen molar-refractivity contribution in [3.63, 3.8) is 0 Å². The topological polar surface area (TPSA) is 95.9 Å². The highest BCUT2D eigenvalue weighted by Crippen LogP contribution is 2.16. The van der Waals surface area contributed by atoms with Crippen LogP contribution in [0.4, 0.5) is 0 Å². The molecular weight excluding hydrogens is 731 g/mol. The maximum Gasteiger partial charge on any atom is 0.306 e. The van der Waals surface area contributed by atoms with Gasteiger partial charge in [0.25, 0.3) is 0 Å². The fourth-order valence-corrected chi connectivity index (χ4v) is 7.25. The fraction of sp³-hybridized carbons (Fsp3) is 0.774. The van der Waals surface area contributed by atoms with Gasteiger partial charge in [0.15, 0.2) is 0 Å². The van der Waals surface area contributed by atoms with E-state index in [1.165, 1.54) is 109 Å². The first-order valence-electron chi connectivity index (χ1n) is 25.0. The van der Waals surface area contributed by atoms with E-state index >= 15 is 0 Å². The molecule has 0 radical (unpaired) electrons. The number of unbranched alkanes of at least 4 members (excludes halogenated alkanes) is 23. The van der Waals surface area contributed by atoms with Crippen LogP contribution in [0.5, 0.6) is 0 Å². The molecule has 0 spiro atoms. The first-order chi connectivity index (χ1) is 29.0. The molecule has 1 amide bonds. The number of amides is 1. The third-order valence-electron chi connectivity index (χ3n) is 11.1. The van der Waals surface area contributed by atoms with Gasteiger partial charge in [-0.1, -0.05) is 197 Å². The molecule has 3 unspecified atom stereocenters. The number of carbonyl (C=O) groups is 2. The minimum Gasteiger partial charge on any atom is -0.462 e. The highest BCUT2D eigenvalue weighted by molar-refractivity contribution is 5.77. The number of carbonyl (C=O) groups excluding carboxylic acids is 2. The Morgan fingerprint density at radius 1 is 0.508 bits per heavy atom. The Hall–Kier alpha value is -2.44. The van der Waals surface area contributed by atoms with Gasteiger partial charge in [0.1, 0.15) is 6.10 Å². The summed E-state index contributed by atoms with van der Waals surface area (Å²) < 4.78 is 5.89. The summed E-state index contributed by atoms with van der Waals surface area (Å²) in [5.41, 5.74) is 0. The van der Waals surface area contributed by atoms with Gasteiger partial charge >= 0.3 is 5.97 Å². The average molecular weight is 826 g/mol. The van der Waals surface area contributed by atoms with Crippen LogP contribution in [-0.4, -0.2) is 46.9 Å². The van der Waals surface area contributed by atoms with Gasteiger partial charge in [-0.2, -0.15) is 0 Å². The van der Waals surface area contributed by atoms with Crippen molar-refractivity contribution in [3.05, 3.63) is 60.8 Å². The lowest BCUT2D eigenvalue weighted by Gasteiger charge is -2.24. The molecule has 0 aliphatic rings. The first-order valence-corrected chi connectivity index (χ1v) is 25.0. The van der Waals surface area contributed by atoms with E-state index in [0.717, 1.165) is 83.5 Å². The van der Waals surface area contributed by atoms with Crippen molar-refractivity contribution in [1.29, 1.82) is 0 Å². The number of hydrogen-bond donors (Lipinski definition) is 3. The number of allylic oxidation sites excluding steroid dienone is 10. The first kappa shape index (κ1) is 56.6. The van der Waals surface area contributed by atoms with Crippen molar-refractivity contribution in [3.8, 4) is 0 Å². The van der Waals surface area contributed by atoms with Crippen molar-refractivity contribution in [1.82, 2.24) is 5.32 Å². The second-order valence-electron chi connectivity index (χ2n) is 16.9. The Kier molecular flexibility index (Phi) is 44.7. The number of rotatable bonds is 44. The molecule has 0 heterocycles. The maximum atomic E-state index is 13.2. The van der Waals surface area contributed by atoms with Gasteiger partial charge in [-0.05, 0) is 89.9 Å². The minimum atomic E-state index is -0.802. The molecule has 0 aromatic rings. The minimum absolute atomic E-state index is 0.0396. The Bertz CT molecular complexity index is 1060. The summed E-state index contributed by atoms with van der Waals surface area (Å²) in [6.45, 7) is 6.41. The SMILES string of the molecule is CCCCC/C=C\C/C=C\C/C=C\CCCCC(CC(=O)NC(CO)C(O)CCCCCCCCCCC)OC(=O)CCCCC/C=C/C=C/CCCCCCCCC. The summed E-state index contributed by atoms with van der Waals surface area (Å²) in [6, 6.07) is -0.719. The van der Waals surface area contributed by atoms with E-state index in [-0.39, 0.29) is 24.9 Å². The molecule has 0 bridgehead atoms. The van der Waals surface area contributed by atoms with Crippen molar-refractivity contribution in [2.24, 2.45) is 0 Å². The van der Waals surface area contributed by atoms with Gasteiger partial charge in [0, 0.05) is 6.42 Å². The Balaban J connectivity index is 4.71. The normalized spacial score (nSPS) is 13.8. The van der Waals surface area contributed by atoms with Crippen LogP contribution < -0.4 is 5.32 Å². The van der Waals surface area contributed by atoms with Crippen LogP contribution in [0.2, 0.25) is 0 Å². The largest absolute Gasteiger partial charge is 0.462 e. The lowest BCUT2D eigenvalue weighted by Crippen LogP contribution is -2.46. The Morgan fingerprint density at radius 3 is 1.46 bits per heavy atom. The number of aliphatic hydroxyl groups excluding tert-OH is 2. The van der Waals surface area contributed by atoms with Gasteiger partial charge < -0.3 is 20.3 Å². The summed E-state index contributed by atoms with van der Waals surface area (Å²) in [7, 11) is 0. The molecule has 6 heteroatoms. The standard InChI is InChI=1S/C53H95NO5/c1-4-7-10-13-16-19-21-23-25-27-29-31-34-37-40-43-46-53(58)59-49(44-41-38-35-33-30-28-26-24-22-20-17-14-11-8-5-2)47-52(57)54-50(48-55)51(56)45-42-39-36-32-18-15-12-9-6-3/h17,20,24-27,29-31,33,49-51,55-56H,4-16,18-19,21-23,28,32,34-48H2,1-3H3,(H,54,57)/b20-17-,26-24-,27-25+,31-29+,33-30-. The number of esters is 1. The second kappa shape index (κ2) is 46.6. The molecule has 0 fully saturated rings. The number of ether oxygens (including phenoxy) is 1. The van der Waals surface area contributed by atoms with Gasteiger partial charge in [-0.3, -0.25) is 9.59 Å².